The molecule has 1 aromatic carbocycles. The Hall–Kier alpha value is -2.75. The van der Waals surface area contributed by atoms with Gasteiger partial charge in [0.05, 0.1) is 23.5 Å². The van der Waals surface area contributed by atoms with Crippen LogP contribution in [0.25, 0.3) is 5.70 Å². The molecule has 4 rings (SSSR count). The van der Waals surface area contributed by atoms with Gasteiger partial charge in [-0.15, -0.1) is 0 Å². The number of hydrogen-bond acceptors (Lipinski definition) is 3. The van der Waals surface area contributed by atoms with E-state index in [-0.39, 0.29) is 0 Å². The lowest BCUT2D eigenvalue weighted by Crippen LogP contribution is -2.29. The summed E-state index contributed by atoms with van der Waals surface area (Å²) in [6.45, 7) is 0.349. The highest BCUT2D eigenvalue weighted by Gasteiger charge is 2.31. The molecule has 20 heavy (non-hydrogen) atoms. The lowest BCUT2D eigenvalue weighted by atomic mass is 10.0. The van der Waals surface area contributed by atoms with Crippen LogP contribution in [0.2, 0.25) is 0 Å². The molecule has 0 saturated heterocycles. The fourth-order valence-corrected chi connectivity index (χ4v) is 2.59. The third kappa shape index (κ3) is 1.45. The van der Waals surface area contributed by atoms with Crippen LogP contribution in [-0.4, -0.2) is 22.5 Å². The van der Waals surface area contributed by atoms with Gasteiger partial charge in [-0.2, -0.15) is 0 Å². The summed E-state index contributed by atoms with van der Waals surface area (Å²) in [5.74, 6) is 0.696. The highest BCUT2D eigenvalue weighted by Crippen LogP contribution is 2.41. The van der Waals surface area contributed by atoms with Gasteiger partial charge < -0.3 is 14.7 Å². The molecule has 3 aliphatic rings. The number of carbonyl (C=O) groups is 1. The maximum Gasteiger partial charge on any atom is 0.333 e. The molecular weight excluding hydrogens is 254 g/mol. The molecule has 0 bridgehead atoms. The van der Waals surface area contributed by atoms with Crippen LogP contribution in [0, 0.1) is 0 Å². The first-order chi connectivity index (χ1) is 9.74. The molecule has 0 fully saturated rings. The molecule has 4 heteroatoms. The Bertz CT molecular complexity index is 753. The van der Waals surface area contributed by atoms with Crippen molar-refractivity contribution in [3.63, 3.8) is 0 Å². The van der Waals surface area contributed by atoms with E-state index in [9.17, 15) is 9.90 Å². The Balaban J connectivity index is 1.90. The first-order valence-electron chi connectivity index (χ1n) is 6.35. The molecule has 2 aliphatic heterocycles. The van der Waals surface area contributed by atoms with Crippen LogP contribution < -0.4 is 4.74 Å². The SMILES string of the molecule is O=C(O)C1=CC=C2c3ccccc3OC3=C(C=C3)N2C1. The van der Waals surface area contributed by atoms with Crippen LogP contribution in [0.4, 0.5) is 0 Å². The topological polar surface area (TPSA) is 49.8 Å². The molecule has 4 nitrogen and oxygen atoms in total. The molecule has 98 valence electrons. The van der Waals surface area contributed by atoms with E-state index in [0.717, 1.165) is 28.5 Å². The smallest absolute Gasteiger partial charge is 0.333 e. The second-order valence-corrected chi connectivity index (χ2v) is 4.82. The minimum absolute atomic E-state index is 0.349. The van der Waals surface area contributed by atoms with E-state index in [4.69, 9.17) is 4.74 Å². The van der Waals surface area contributed by atoms with Gasteiger partial charge in [-0.1, -0.05) is 12.1 Å². The molecule has 0 atom stereocenters. The molecule has 2 heterocycles. The van der Waals surface area contributed by atoms with Gasteiger partial charge in [-0.05, 0) is 36.4 Å². The van der Waals surface area contributed by atoms with Crippen LogP contribution in [-0.2, 0) is 4.79 Å². The van der Waals surface area contributed by atoms with Gasteiger partial charge in [0.25, 0.3) is 0 Å². The number of hydrogen-bond donors (Lipinski definition) is 1. The quantitative estimate of drug-likeness (QED) is 0.847. The van der Waals surface area contributed by atoms with Gasteiger partial charge in [0, 0.05) is 5.56 Å². The molecule has 1 N–H and O–H groups in total. The number of ether oxygens (including phenoxy) is 1. The van der Waals surface area contributed by atoms with E-state index in [2.05, 4.69) is 0 Å². The summed E-state index contributed by atoms with van der Waals surface area (Å²) in [5.41, 5.74) is 3.25. The van der Waals surface area contributed by atoms with Gasteiger partial charge in [-0.3, -0.25) is 0 Å². The van der Waals surface area contributed by atoms with Crippen molar-refractivity contribution in [3.05, 3.63) is 71.2 Å². The third-order valence-electron chi connectivity index (χ3n) is 3.66. The lowest BCUT2D eigenvalue weighted by molar-refractivity contribution is -0.132. The Labute approximate surface area is 115 Å². The zero-order valence-corrected chi connectivity index (χ0v) is 10.5. The van der Waals surface area contributed by atoms with Crippen LogP contribution in [0.3, 0.4) is 0 Å². The van der Waals surface area contributed by atoms with Gasteiger partial charge in [0.15, 0.2) is 5.76 Å². The molecule has 0 amide bonds. The highest BCUT2D eigenvalue weighted by atomic mass is 16.5. The Morgan fingerprint density at radius 2 is 2.05 bits per heavy atom. The molecule has 0 saturated carbocycles. The monoisotopic (exact) mass is 265 g/mol. The van der Waals surface area contributed by atoms with Crippen molar-refractivity contribution in [3.8, 4) is 5.75 Å². The molecule has 1 aliphatic carbocycles. The molecule has 1 aromatic rings. The Kier molecular flexibility index (Phi) is 2.15. The Morgan fingerprint density at radius 3 is 2.80 bits per heavy atom. The fraction of sp³-hybridized carbons (Fsp3) is 0.0625. The summed E-state index contributed by atoms with van der Waals surface area (Å²) in [7, 11) is 0. The van der Waals surface area contributed by atoms with E-state index in [1.54, 1.807) is 6.08 Å². The van der Waals surface area contributed by atoms with Crippen molar-refractivity contribution in [2.75, 3.05) is 6.54 Å². The molecule has 0 unspecified atom stereocenters. The van der Waals surface area contributed by atoms with Crippen LogP contribution in [0.5, 0.6) is 5.75 Å². The lowest BCUT2D eigenvalue weighted by Gasteiger charge is -2.31. The van der Waals surface area contributed by atoms with E-state index < -0.39 is 5.97 Å². The summed E-state index contributed by atoms with van der Waals surface area (Å²) in [6, 6.07) is 7.79. The van der Waals surface area contributed by atoms with Crippen molar-refractivity contribution < 1.29 is 14.6 Å². The first-order valence-corrected chi connectivity index (χ1v) is 6.35. The van der Waals surface area contributed by atoms with E-state index in [0.29, 0.717) is 12.1 Å². The van der Waals surface area contributed by atoms with Crippen molar-refractivity contribution in [2.45, 2.75) is 0 Å². The standard InChI is InChI=1S/C16H11NO3/c18-16(19)10-5-6-12-11-3-1-2-4-14(11)20-15-8-7-13(15)17(12)9-10/h1-8H,9H2,(H,18,19). The zero-order chi connectivity index (χ0) is 13.7. The van der Waals surface area contributed by atoms with E-state index in [1.165, 1.54) is 0 Å². The minimum atomic E-state index is -0.885. The van der Waals surface area contributed by atoms with E-state index in [1.807, 2.05) is 47.4 Å². The van der Waals surface area contributed by atoms with E-state index >= 15 is 0 Å². The number of rotatable bonds is 1. The molecular formula is C16H11NO3. The Morgan fingerprint density at radius 1 is 1.20 bits per heavy atom. The predicted molar refractivity (Wildman–Crippen MR) is 73.6 cm³/mol. The van der Waals surface area contributed by atoms with Gasteiger partial charge in [0.2, 0.25) is 0 Å². The number of para-hydroxylation sites is 1. The summed E-state index contributed by atoms with van der Waals surface area (Å²) in [4.78, 5) is 13.2. The molecule has 0 radical (unpaired) electrons. The summed E-state index contributed by atoms with van der Waals surface area (Å²) in [6.07, 6.45) is 7.35. The second kappa shape index (κ2) is 3.87. The van der Waals surface area contributed by atoms with Crippen molar-refractivity contribution in [1.82, 2.24) is 4.90 Å². The maximum atomic E-state index is 11.2. The van der Waals surface area contributed by atoms with Crippen LogP contribution in [0.1, 0.15) is 5.56 Å². The fourth-order valence-electron chi connectivity index (χ4n) is 2.59. The minimum Gasteiger partial charge on any atom is -0.478 e. The van der Waals surface area contributed by atoms with Gasteiger partial charge in [0.1, 0.15) is 5.75 Å². The first kappa shape index (κ1) is 11.1. The number of benzene rings is 1. The highest BCUT2D eigenvalue weighted by molar-refractivity contribution is 5.90. The predicted octanol–water partition coefficient (Wildman–Crippen LogP) is 2.53. The molecule has 0 spiro atoms. The van der Waals surface area contributed by atoms with Gasteiger partial charge in [-0.25, -0.2) is 4.79 Å². The summed E-state index contributed by atoms with van der Waals surface area (Å²) < 4.78 is 5.88. The normalized spacial score (nSPS) is 18.7. The van der Waals surface area contributed by atoms with Crippen molar-refractivity contribution >= 4 is 11.7 Å². The number of nitrogens with zero attached hydrogens (tertiary/aromatic N) is 1. The number of carboxylic acid groups (broad SMARTS) is 1. The molecule has 0 aromatic heterocycles. The largest absolute Gasteiger partial charge is 0.478 e. The van der Waals surface area contributed by atoms with Crippen LogP contribution in [0.15, 0.2) is 65.6 Å². The maximum absolute atomic E-state index is 11.2. The zero-order valence-electron chi connectivity index (χ0n) is 10.5. The summed E-state index contributed by atoms with van der Waals surface area (Å²) >= 11 is 0. The number of aliphatic carboxylic acids is 1. The summed E-state index contributed by atoms with van der Waals surface area (Å²) in [5, 5.41) is 9.17. The van der Waals surface area contributed by atoms with Crippen LogP contribution >= 0.6 is 0 Å². The third-order valence-corrected chi connectivity index (χ3v) is 3.66. The van der Waals surface area contributed by atoms with Gasteiger partial charge >= 0.3 is 5.97 Å². The average Bonchev–Trinajstić information content (AvgIpc) is 2.52. The number of carboxylic acids is 1. The van der Waals surface area contributed by atoms with Crippen molar-refractivity contribution in [1.29, 1.82) is 0 Å². The second-order valence-electron chi connectivity index (χ2n) is 4.82. The number of fused-ring (bicyclic) bond motifs is 4. The number of allylic oxidation sites excluding steroid dienone is 4. The average molecular weight is 265 g/mol. The van der Waals surface area contributed by atoms with Crippen molar-refractivity contribution in [2.24, 2.45) is 0 Å².